The molecule has 2 aromatic rings. The number of nitrogens with one attached hydrogen (secondary N) is 1. The number of fused-ring (bicyclic) bond motifs is 1. The Morgan fingerprint density at radius 3 is 3.10 bits per heavy atom. The Morgan fingerprint density at radius 1 is 1.45 bits per heavy atom. The Kier molecular flexibility index (Phi) is 3.81. The van der Waals surface area contributed by atoms with Gasteiger partial charge in [0, 0.05) is 35.9 Å². The summed E-state index contributed by atoms with van der Waals surface area (Å²) < 4.78 is 2.01. The first-order valence-electron chi connectivity index (χ1n) is 7.14. The highest BCUT2D eigenvalue weighted by molar-refractivity contribution is 6.30. The van der Waals surface area contributed by atoms with Crippen LogP contribution in [-0.4, -0.2) is 9.78 Å². The first-order valence-corrected chi connectivity index (χ1v) is 7.52. The first-order chi connectivity index (χ1) is 9.65. The van der Waals surface area contributed by atoms with Gasteiger partial charge in [0.15, 0.2) is 0 Å². The number of nitrogens with zero attached hydrogens (tertiary/aromatic N) is 2. The van der Waals surface area contributed by atoms with Crippen molar-refractivity contribution in [3.05, 3.63) is 51.8 Å². The maximum absolute atomic E-state index is 6.00. The third-order valence-electron chi connectivity index (χ3n) is 4.22. The maximum atomic E-state index is 6.00. The Morgan fingerprint density at radius 2 is 2.30 bits per heavy atom. The molecular weight excluding hydrogens is 270 g/mol. The molecule has 3 rings (SSSR count). The second kappa shape index (κ2) is 5.58. The number of rotatable bonds is 3. The van der Waals surface area contributed by atoms with Gasteiger partial charge in [-0.3, -0.25) is 4.68 Å². The van der Waals surface area contributed by atoms with E-state index in [0.717, 1.165) is 18.0 Å². The van der Waals surface area contributed by atoms with Gasteiger partial charge < -0.3 is 5.32 Å². The standard InChI is InChI=1S/C16H20ClN3/c1-11-8-13(17)7-6-12(11)9-18-15-4-3-5-16-14(15)10-19-20(16)2/h6-8,10,15,18H,3-5,9H2,1-2H3. The molecule has 0 saturated heterocycles. The van der Waals surface area contributed by atoms with Crippen LogP contribution >= 0.6 is 11.6 Å². The molecule has 1 aromatic carbocycles. The van der Waals surface area contributed by atoms with Crippen molar-refractivity contribution in [3.63, 3.8) is 0 Å². The number of aryl methyl sites for hydroxylation is 2. The monoisotopic (exact) mass is 289 g/mol. The van der Waals surface area contributed by atoms with Crippen LogP contribution in [0.5, 0.6) is 0 Å². The molecule has 0 fully saturated rings. The number of benzene rings is 1. The molecule has 3 nitrogen and oxygen atoms in total. The number of aromatic nitrogens is 2. The highest BCUT2D eigenvalue weighted by Gasteiger charge is 2.22. The molecule has 0 spiro atoms. The zero-order chi connectivity index (χ0) is 14.1. The van der Waals surface area contributed by atoms with Gasteiger partial charge in [-0.25, -0.2) is 0 Å². The van der Waals surface area contributed by atoms with Gasteiger partial charge in [-0.05, 0) is 49.4 Å². The lowest BCUT2D eigenvalue weighted by Crippen LogP contribution is -2.25. The third kappa shape index (κ3) is 2.60. The molecule has 4 heteroatoms. The fourth-order valence-electron chi connectivity index (χ4n) is 3.01. The second-order valence-electron chi connectivity index (χ2n) is 5.57. The molecule has 0 aliphatic heterocycles. The molecule has 1 aliphatic carbocycles. The molecule has 1 aromatic heterocycles. The van der Waals surface area contributed by atoms with Gasteiger partial charge in [0.25, 0.3) is 0 Å². The summed E-state index contributed by atoms with van der Waals surface area (Å²) >= 11 is 6.00. The van der Waals surface area contributed by atoms with E-state index in [-0.39, 0.29) is 0 Å². The highest BCUT2D eigenvalue weighted by atomic mass is 35.5. The van der Waals surface area contributed by atoms with E-state index in [1.165, 1.54) is 35.2 Å². The Balaban J connectivity index is 1.73. The Labute approximate surface area is 124 Å². The smallest absolute Gasteiger partial charge is 0.0540 e. The van der Waals surface area contributed by atoms with Crippen molar-refractivity contribution < 1.29 is 0 Å². The highest BCUT2D eigenvalue weighted by Crippen LogP contribution is 2.29. The van der Waals surface area contributed by atoms with Crippen molar-refractivity contribution in [1.29, 1.82) is 0 Å². The maximum Gasteiger partial charge on any atom is 0.0540 e. The minimum Gasteiger partial charge on any atom is -0.306 e. The van der Waals surface area contributed by atoms with Crippen molar-refractivity contribution in [1.82, 2.24) is 15.1 Å². The fourth-order valence-corrected chi connectivity index (χ4v) is 3.24. The average molecular weight is 290 g/mol. The Bertz CT molecular complexity index is 618. The van der Waals surface area contributed by atoms with Crippen molar-refractivity contribution in [2.45, 2.75) is 38.8 Å². The normalized spacial score (nSPS) is 18.1. The van der Waals surface area contributed by atoms with Gasteiger partial charge >= 0.3 is 0 Å². The molecular formula is C16H20ClN3. The van der Waals surface area contributed by atoms with Gasteiger partial charge in [0.1, 0.15) is 0 Å². The van der Waals surface area contributed by atoms with E-state index in [9.17, 15) is 0 Å². The lowest BCUT2D eigenvalue weighted by Gasteiger charge is -2.24. The zero-order valence-electron chi connectivity index (χ0n) is 12.0. The van der Waals surface area contributed by atoms with E-state index in [2.05, 4.69) is 23.4 Å². The quantitative estimate of drug-likeness (QED) is 0.936. The third-order valence-corrected chi connectivity index (χ3v) is 4.45. The summed E-state index contributed by atoms with van der Waals surface area (Å²) in [5, 5.41) is 8.87. The van der Waals surface area contributed by atoms with Crippen LogP contribution in [0.1, 0.15) is 41.3 Å². The van der Waals surface area contributed by atoms with E-state index in [1.807, 2.05) is 30.1 Å². The predicted octanol–water partition coefficient (Wildman–Crippen LogP) is 3.55. The summed E-state index contributed by atoms with van der Waals surface area (Å²) in [6.07, 6.45) is 5.57. The van der Waals surface area contributed by atoms with E-state index in [0.29, 0.717) is 6.04 Å². The SMILES string of the molecule is Cc1cc(Cl)ccc1CNC1CCCc2c1cnn2C. The van der Waals surface area contributed by atoms with Gasteiger partial charge in [-0.1, -0.05) is 17.7 Å². The van der Waals surface area contributed by atoms with Crippen LogP contribution < -0.4 is 5.32 Å². The van der Waals surface area contributed by atoms with Crippen LogP contribution in [0, 0.1) is 6.92 Å². The molecule has 20 heavy (non-hydrogen) atoms. The van der Waals surface area contributed by atoms with Crippen molar-refractivity contribution >= 4 is 11.6 Å². The average Bonchev–Trinajstić information content (AvgIpc) is 2.80. The van der Waals surface area contributed by atoms with Gasteiger partial charge in [-0.15, -0.1) is 0 Å². The van der Waals surface area contributed by atoms with Crippen molar-refractivity contribution in [3.8, 4) is 0 Å². The predicted molar refractivity (Wildman–Crippen MR) is 81.9 cm³/mol. The number of halogens is 1. The van der Waals surface area contributed by atoms with Gasteiger partial charge in [-0.2, -0.15) is 5.10 Å². The summed E-state index contributed by atoms with van der Waals surface area (Å²) in [5.41, 5.74) is 5.30. The van der Waals surface area contributed by atoms with Crippen LogP contribution in [-0.2, 0) is 20.0 Å². The summed E-state index contributed by atoms with van der Waals surface area (Å²) in [5.74, 6) is 0. The minimum absolute atomic E-state index is 0.419. The fraction of sp³-hybridized carbons (Fsp3) is 0.438. The summed E-state index contributed by atoms with van der Waals surface area (Å²) in [6.45, 7) is 2.99. The van der Waals surface area contributed by atoms with E-state index in [1.54, 1.807) is 0 Å². The first kappa shape index (κ1) is 13.7. The van der Waals surface area contributed by atoms with E-state index in [4.69, 9.17) is 11.6 Å². The van der Waals surface area contributed by atoms with Crippen molar-refractivity contribution in [2.24, 2.45) is 7.05 Å². The lowest BCUT2D eigenvalue weighted by molar-refractivity contribution is 0.451. The Hall–Kier alpha value is -1.32. The van der Waals surface area contributed by atoms with Crippen LogP contribution in [0.3, 0.4) is 0 Å². The summed E-state index contributed by atoms with van der Waals surface area (Å²) in [6, 6.07) is 6.51. The van der Waals surface area contributed by atoms with Crippen LogP contribution in [0.4, 0.5) is 0 Å². The molecule has 1 aliphatic rings. The summed E-state index contributed by atoms with van der Waals surface area (Å²) in [7, 11) is 2.03. The topological polar surface area (TPSA) is 29.9 Å². The zero-order valence-corrected chi connectivity index (χ0v) is 12.7. The lowest BCUT2D eigenvalue weighted by atomic mass is 9.92. The van der Waals surface area contributed by atoms with Gasteiger partial charge in [0.05, 0.1) is 6.20 Å². The van der Waals surface area contributed by atoms with Crippen molar-refractivity contribution in [2.75, 3.05) is 0 Å². The van der Waals surface area contributed by atoms with Crippen LogP contribution in [0.15, 0.2) is 24.4 Å². The largest absolute Gasteiger partial charge is 0.306 e. The molecule has 1 N–H and O–H groups in total. The number of hydrogen-bond donors (Lipinski definition) is 1. The molecule has 0 radical (unpaired) electrons. The molecule has 1 unspecified atom stereocenters. The van der Waals surface area contributed by atoms with E-state index < -0.39 is 0 Å². The molecule has 0 amide bonds. The summed E-state index contributed by atoms with van der Waals surface area (Å²) in [4.78, 5) is 0. The second-order valence-corrected chi connectivity index (χ2v) is 6.00. The minimum atomic E-state index is 0.419. The molecule has 1 atom stereocenters. The molecule has 106 valence electrons. The number of hydrogen-bond acceptors (Lipinski definition) is 2. The molecule has 1 heterocycles. The van der Waals surface area contributed by atoms with E-state index >= 15 is 0 Å². The molecule has 0 saturated carbocycles. The molecule has 0 bridgehead atoms. The van der Waals surface area contributed by atoms with Gasteiger partial charge in [0.2, 0.25) is 0 Å². The van der Waals surface area contributed by atoms with Crippen LogP contribution in [0.25, 0.3) is 0 Å². The van der Waals surface area contributed by atoms with Crippen LogP contribution in [0.2, 0.25) is 5.02 Å².